The summed E-state index contributed by atoms with van der Waals surface area (Å²) in [4.78, 5) is 12.2. The molecule has 0 unspecified atom stereocenters. The van der Waals surface area contributed by atoms with Crippen molar-refractivity contribution in [2.45, 2.75) is 37.7 Å². The van der Waals surface area contributed by atoms with Crippen molar-refractivity contribution < 1.29 is 36.3 Å². The van der Waals surface area contributed by atoms with Crippen molar-refractivity contribution in [2.75, 3.05) is 6.54 Å². The van der Waals surface area contributed by atoms with Gasteiger partial charge in [0, 0.05) is 19.0 Å². The van der Waals surface area contributed by atoms with Gasteiger partial charge in [-0.2, -0.15) is 26.3 Å². The van der Waals surface area contributed by atoms with Gasteiger partial charge in [0.2, 0.25) is 11.8 Å². The maximum Gasteiger partial charge on any atom is 0.409 e. The molecular formula is C10H13F6N3O2. The lowest BCUT2D eigenvalue weighted by molar-refractivity contribution is -0.277. The number of amides is 1. The molecule has 1 saturated carbocycles. The number of nitrogens with zero attached hydrogens (tertiary/aromatic N) is 2. The van der Waals surface area contributed by atoms with Crippen molar-refractivity contribution >= 4 is 11.7 Å². The van der Waals surface area contributed by atoms with E-state index in [4.69, 9.17) is 10.9 Å². The standard InChI is InChI=1S/C10H13F6N3O2/c11-9(12,13)7(10(14,15)16)8(20)19(5-1-2-5)4-3-6(17)18-21/h5,7,21H,1-4H2,(H2,17,18). The smallest absolute Gasteiger partial charge is 0.409 e. The molecule has 0 heterocycles. The Bertz CT molecular complexity index is 402. The molecule has 11 heteroatoms. The summed E-state index contributed by atoms with van der Waals surface area (Å²) < 4.78 is 75.1. The van der Waals surface area contributed by atoms with Gasteiger partial charge < -0.3 is 15.8 Å². The fourth-order valence-electron chi connectivity index (χ4n) is 1.78. The van der Waals surface area contributed by atoms with Crippen LogP contribution in [-0.2, 0) is 4.79 Å². The minimum atomic E-state index is -5.72. The third-order valence-corrected chi connectivity index (χ3v) is 2.91. The molecule has 1 fully saturated rings. The molecule has 0 spiro atoms. The maximum atomic E-state index is 12.5. The molecule has 0 aromatic carbocycles. The Balaban J connectivity index is 2.92. The lowest BCUT2D eigenvalue weighted by Crippen LogP contribution is -2.50. The third kappa shape index (κ3) is 4.67. The highest BCUT2D eigenvalue weighted by Crippen LogP contribution is 2.42. The number of hydrogen-bond donors (Lipinski definition) is 2. The zero-order valence-electron chi connectivity index (χ0n) is 10.6. The summed E-state index contributed by atoms with van der Waals surface area (Å²) in [5.41, 5.74) is 5.11. The SMILES string of the molecule is NC(CCN(C(=O)C(C(F)(F)F)C(F)(F)F)C1CC1)=NO. The average molecular weight is 321 g/mol. The van der Waals surface area contributed by atoms with Gasteiger partial charge in [-0.1, -0.05) is 5.16 Å². The second-order valence-electron chi connectivity index (χ2n) is 4.62. The first-order valence-corrected chi connectivity index (χ1v) is 5.88. The maximum absolute atomic E-state index is 12.5. The van der Waals surface area contributed by atoms with E-state index in [0.717, 1.165) is 0 Å². The summed E-state index contributed by atoms with van der Waals surface area (Å²) in [5.74, 6) is -6.50. The number of carbonyl (C=O) groups is 1. The molecule has 1 aliphatic carbocycles. The molecule has 0 aromatic heterocycles. The molecule has 122 valence electrons. The minimum absolute atomic E-state index is 0.318. The zero-order valence-corrected chi connectivity index (χ0v) is 10.6. The fourth-order valence-corrected chi connectivity index (χ4v) is 1.78. The van der Waals surface area contributed by atoms with Gasteiger partial charge in [-0.15, -0.1) is 0 Å². The first-order chi connectivity index (χ1) is 9.48. The highest BCUT2D eigenvalue weighted by molar-refractivity contribution is 5.83. The number of nitrogens with two attached hydrogens (primary N) is 1. The normalized spacial score (nSPS) is 17.2. The zero-order chi connectivity index (χ0) is 16.4. The van der Waals surface area contributed by atoms with Crippen LogP contribution in [0.1, 0.15) is 19.3 Å². The van der Waals surface area contributed by atoms with Crippen LogP contribution in [0.4, 0.5) is 26.3 Å². The Hall–Kier alpha value is -1.68. The van der Waals surface area contributed by atoms with Gasteiger partial charge in [0.1, 0.15) is 5.84 Å². The van der Waals surface area contributed by atoms with Crippen molar-refractivity contribution in [2.24, 2.45) is 16.8 Å². The predicted molar refractivity (Wildman–Crippen MR) is 58.4 cm³/mol. The molecule has 21 heavy (non-hydrogen) atoms. The first kappa shape index (κ1) is 17.4. The van der Waals surface area contributed by atoms with Crippen LogP contribution < -0.4 is 5.73 Å². The Morgan fingerprint density at radius 1 is 1.24 bits per heavy atom. The van der Waals surface area contributed by atoms with Crippen LogP contribution in [0.3, 0.4) is 0 Å². The van der Waals surface area contributed by atoms with Gasteiger partial charge in [0.05, 0.1) is 0 Å². The van der Waals surface area contributed by atoms with Crippen LogP contribution >= 0.6 is 0 Å². The molecule has 0 atom stereocenters. The summed E-state index contributed by atoms with van der Waals surface area (Å²) in [6.07, 6.45) is -11.1. The molecule has 0 radical (unpaired) electrons. The van der Waals surface area contributed by atoms with E-state index in [1.807, 2.05) is 0 Å². The van der Waals surface area contributed by atoms with E-state index in [2.05, 4.69) is 5.16 Å². The van der Waals surface area contributed by atoms with Crippen molar-refractivity contribution in [1.82, 2.24) is 4.90 Å². The molecule has 1 aliphatic rings. The van der Waals surface area contributed by atoms with E-state index in [9.17, 15) is 31.1 Å². The van der Waals surface area contributed by atoms with Crippen LogP contribution in [0.25, 0.3) is 0 Å². The Labute approximate surface area is 115 Å². The van der Waals surface area contributed by atoms with E-state index in [1.54, 1.807) is 0 Å². The monoisotopic (exact) mass is 321 g/mol. The van der Waals surface area contributed by atoms with E-state index in [-0.39, 0.29) is 12.3 Å². The van der Waals surface area contributed by atoms with E-state index < -0.39 is 36.8 Å². The van der Waals surface area contributed by atoms with E-state index in [0.29, 0.717) is 17.7 Å². The second-order valence-corrected chi connectivity index (χ2v) is 4.62. The number of alkyl halides is 6. The second kappa shape index (κ2) is 5.98. The van der Waals surface area contributed by atoms with Crippen LogP contribution in [0, 0.1) is 5.92 Å². The van der Waals surface area contributed by atoms with Gasteiger partial charge >= 0.3 is 12.4 Å². The van der Waals surface area contributed by atoms with E-state index in [1.165, 1.54) is 0 Å². The molecule has 0 saturated heterocycles. The summed E-state index contributed by atoms with van der Waals surface area (Å²) in [6.45, 7) is -0.470. The number of hydrogen-bond acceptors (Lipinski definition) is 3. The molecule has 0 aromatic rings. The molecule has 5 nitrogen and oxygen atoms in total. The summed E-state index contributed by atoms with van der Waals surface area (Å²) in [6, 6.07) is -0.670. The van der Waals surface area contributed by atoms with Crippen molar-refractivity contribution in [1.29, 1.82) is 0 Å². The third-order valence-electron chi connectivity index (χ3n) is 2.91. The molecule has 1 rings (SSSR count). The molecule has 1 amide bonds. The molecule has 3 N–H and O–H groups in total. The largest absolute Gasteiger partial charge is 0.409 e. The average Bonchev–Trinajstić information content (AvgIpc) is 3.09. The van der Waals surface area contributed by atoms with Gasteiger partial charge in [-0.3, -0.25) is 4.79 Å². The topological polar surface area (TPSA) is 78.9 Å². The van der Waals surface area contributed by atoms with Gasteiger partial charge in [-0.25, -0.2) is 0 Å². The van der Waals surface area contributed by atoms with Gasteiger partial charge in [0.15, 0.2) is 0 Å². The van der Waals surface area contributed by atoms with E-state index >= 15 is 0 Å². The Morgan fingerprint density at radius 3 is 2.05 bits per heavy atom. The number of amidine groups is 1. The van der Waals surface area contributed by atoms with Crippen LogP contribution in [-0.4, -0.2) is 46.8 Å². The predicted octanol–water partition coefficient (Wildman–Crippen LogP) is 1.85. The highest BCUT2D eigenvalue weighted by Gasteiger charge is 2.62. The summed E-state index contributed by atoms with van der Waals surface area (Å²) in [7, 11) is 0. The summed E-state index contributed by atoms with van der Waals surface area (Å²) >= 11 is 0. The molecule has 0 aliphatic heterocycles. The fraction of sp³-hybridized carbons (Fsp3) is 0.800. The first-order valence-electron chi connectivity index (χ1n) is 5.88. The molecule has 0 bridgehead atoms. The Kier molecular flexibility index (Phi) is 4.95. The quantitative estimate of drug-likeness (QED) is 0.267. The van der Waals surface area contributed by atoms with Crippen LogP contribution in [0.15, 0.2) is 5.16 Å². The lowest BCUT2D eigenvalue weighted by Gasteiger charge is -2.29. The number of oxime groups is 1. The number of carbonyl (C=O) groups excluding carboxylic acids is 1. The van der Waals surface area contributed by atoms with Crippen LogP contribution in [0.5, 0.6) is 0 Å². The van der Waals surface area contributed by atoms with Crippen molar-refractivity contribution in [3.63, 3.8) is 0 Å². The molecular weight excluding hydrogens is 308 g/mol. The number of rotatable bonds is 5. The highest BCUT2D eigenvalue weighted by atomic mass is 19.4. The minimum Gasteiger partial charge on any atom is -0.409 e. The van der Waals surface area contributed by atoms with Crippen LogP contribution in [0.2, 0.25) is 0 Å². The van der Waals surface area contributed by atoms with Gasteiger partial charge in [-0.05, 0) is 12.8 Å². The number of halogens is 6. The van der Waals surface area contributed by atoms with Gasteiger partial charge in [0.25, 0.3) is 0 Å². The summed E-state index contributed by atoms with van der Waals surface area (Å²) in [5, 5.41) is 10.9. The Morgan fingerprint density at radius 2 is 1.71 bits per heavy atom. The van der Waals surface area contributed by atoms with Crippen molar-refractivity contribution in [3.8, 4) is 0 Å². The lowest BCUT2D eigenvalue weighted by atomic mass is 10.1. The van der Waals surface area contributed by atoms with Crippen molar-refractivity contribution in [3.05, 3.63) is 0 Å².